The Labute approximate surface area is 145 Å². The van der Waals surface area contributed by atoms with E-state index in [1.807, 2.05) is 0 Å². The first-order chi connectivity index (χ1) is 11.5. The van der Waals surface area contributed by atoms with E-state index in [0.717, 1.165) is 19.1 Å². The number of benzene rings is 1. The van der Waals surface area contributed by atoms with E-state index < -0.39 is 23.7 Å². The van der Waals surface area contributed by atoms with E-state index in [0.29, 0.717) is 17.4 Å². The molecule has 1 aromatic heterocycles. The van der Waals surface area contributed by atoms with E-state index in [-0.39, 0.29) is 17.1 Å². The van der Waals surface area contributed by atoms with Gasteiger partial charge in [0, 0.05) is 11.0 Å². The summed E-state index contributed by atoms with van der Waals surface area (Å²) in [5.41, 5.74) is 0.103. The molecule has 2 heterocycles. The third-order valence-corrected chi connectivity index (χ3v) is 4.43. The number of halogens is 2. The smallest absolute Gasteiger partial charge is 0.326 e. The fourth-order valence-corrected chi connectivity index (χ4v) is 3.07. The Morgan fingerprint density at radius 3 is 2.88 bits per heavy atom. The Hall–Kier alpha value is -2.22. The average Bonchev–Trinajstić information content (AvgIpc) is 3.03. The molecular formula is C16H14BrFN2O4. The normalized spacial score (nSPS) is 17.8. The number of nitrogens with zero attached hydrogens (tertiary/aromatic N) is 2. The number of amides is 1. The number of carboxylic acids is 1. The van der Waals surface area contributed by atoms with Crippen molar-refractivity contribution in [1.29, 1.82) is 0 Å². The molecule has 0 aliphatic carbocycles. The molecule has 0 radical (unpaired) electrons. The fraction of sp³-hybridized carbons (Fsp3) is 0.312. The van der Waals surface area contributed by atoms with Crippen molar-refractivity contribution in [2.75, 3.05) is 6.54 Å². The van der Waals surface area contributed by atoms with E-state index in [2.05, 4.69) is 20.9 Å². The van der Waals surface area contributed by atoms with Gasteiger partial charge in [0.15, 0.2) is 5.69 Å². The van der Waals surface area contributed by atoms with Gasteiger partial charge in [0.2, 0.25) is 5.89 Å². The van der Waals surface area contributed by atoms with Crippen molar-refractivity contribution in [3.63, 3.8) is 0 Å². The van der Waals surface area contributed by atoms with Crippen molar-refractivity contribution < 1.29 is 23.5 Å². The van der Waals surface area contributed by atoms with Crippen LogP contribution in [0.25, 0.3) is 11.5 Å². The maximum absolute atomic E-state index is 14.0. The van der Waals surface area contributed by atoms with E-state index >= 15 is 0 Å². The summed E-state index contributed by atoms with van der Waals surface area (Å²) >= 11 is 3.16. The third-order valence-electron chi connectivity index (χ3n) is 3.93. The van der Waals surface area contributed by atoms with Crippen molar-refractivity contribution in [2.24, 2.45) is 0 Å². The summed E-state index contributed by atoms with van der Waals surface area (Å²) in [5, 5.41) is 9.26. The number of likely N-dealkylation sites (tertiary alicyclic amines) is 1. The molecule has 0 spiro atoms. The first-order valence-corrected chi connectivity index (χ1v) is 8.21. The number of oxazole rings is 1. The zero-order chi connectivity index (χ0) is 17.3. The van der Waals surface area contributed by atoms with Gasteiger partial charge in [-0.15, -0.1) is 0 Å². The summed E-state index contributed by atoms with van der Waals surface area (Å²) < 4.78 is 19.8. The Kier molecular flexibility index (Phi) is 4.66. The molecule has 1 atom stereocenters. The van der Waals surface area contributed by atoms with E-state index in [9.17, 15) is 19.1 Å². The van der Waals surface area contributed by atoms with Crippen LogP contribution >= 0.6 is 15.9 Å². The predicted molar refractivity (Wildman–Crippen MR) is 85.9 cm³/mol. The van der Waals surface area contributed by atoms with Crippen molar-refractivity contribution in [2.45, 2.75) is 25.3 Å². The second kappa shape index (κ2) is 6.72. The van der Waals surface area contributed by atoms with Gasteiger partial charge in [-0.05, 0) is 37.5 Å². The van der Waals surface area contributed by atoms with Crippen molar-refractivity contribution in [1.82, 2.24) is 9.88 Å². The van der Waals surface area contributed by atoms with Gasteiger partial charge < -0.3 is 14.4 Å². The van der Waals surface area contributed by atoms with Gasteiger partial charge in [0.1, 0.15) is 18.1 Å². The van der Waals surface area contributed by atoms with Crippen molar-refractivity contribution in [3.8, 4) is 11.5 Å². The molecule has 0 unspecified atom stereocenters. The zero-order valence-corrected chi connectivity index (χ0v) is 14.1. The van der Waals surface area contributed by atoms with Gasteiger partial charge in [-0.25, -0.2) is 14.2 Å². The summed E-state index contributed by atoms with van der Waals surface area (Å²) in [6, 6.07) is 3.53. The van der Waals surface area contributed by atoms with Gasteiger partial charge in [-0.3, -0.25) is 4.79 Å². The minimum atomic E-state index is -1.04. The van der Waals surface area contributed by atoms with Crippen LogP contribution < -0.4 is 0 Å². The Balaban J connectivity index is 1.87. The van der Waals surface area contributed by atoms with Crippen LogP contribution in [0.4, 0.5) is 4.39 Å². The number of piperidine rings is 1. The Bertz CT molecular complexity index is 792. The van der Waals surface area contributed by atoms with Crippen LogP contribution in [0.5, 0.6) is 0 Å². The van der Waals surface area contributed by atoms with Crippen molar-refractivity contribution >= 4 is 27.8 Å². The van der Waals surface area contributed by atoms with Crippen LogP contribution in [-0.4, -0.2) is 39.5 Å². The molecule has 1 aliphatic heterocycles. The Morgan fingerprint density at radius 2 is 2.17 bits per heavy atom. The summed E-state index contributed by atoms with van der Waals surface area (Å²) in [6.45, 7) is 0.352. The summed E-state index contributed by atoms with van der Waals surface area (Å²) in [4.78, 5) is 29.2. The Morgan fingerprint density at radius 1 is 1.38 bits per heavy atom. The maximum atomic E-state index is 14.0. The molecule has 8 heteroatoms. The quantitative estimate of drug-likeness (QED) is 0.859. The number of carbonyl (C=O) groups is 2. The average molecular weight is 397 g/mol. The summed E-state index contributed by atoms with van der Waals surface area (Å²) in [5.74, 6) is -2.11. The highest BCUT2D eigenvalue weighted by molar-refractivity contribution is 9.10. The number of aromatic nitrogens is 1. The minimum absolute atomic E-state index is 0.0211. The monoisotopic (exact) mass is 396 g/mol. The molecule has 1 saturated heterocycles. The number of aliphatic carboxylic acids is 1. The van der Waals surface area contributed by atoms with Crippen LogP contribution in [0, 0.1) is 5.82 Å². The molecule has 1 aromatic carbocycles. The highest BCUT2D eigenvalue weighted by atomic mass is 79.9. The lowest BCUT2D eigenvalue weighted by atomic mass is 10.0. The van der Waals surface area contributed by atoms with Crippen molar-refractivity contribution in [3.05, 3.63) is 40.4 Å². The molecule has 1 fully saturated rings. The number of rotatable bonds is 3. The third kappa shape index (κ3) is 3.19. The van der Waals surface area contributed by atoms with Gasteiger partial charge in [-0.1, -0.05) is 15.9 Å². The molecule has 6 nitrogen and oxygen atoms in total. The zero-order valence-electron chi connectivity index (χ0n) is 12.5. The van der Waals surface area contributed by atoms with E-state index in [4.69, 9.17) is 4.42 Å². The molecule has 1 aliphatic rings. The largest absolute Gasteiger partial charge is 0.480 e. The molecule has 2 aromatic rings. The minimum Gasteiger partial charge on any atom is -0.480 e. The highest BCUT2D eigenvalue weighted by Gasteiger charge is 2.33. The molecule has 0 saturated carbocycles. The molecular weight excluding hydrogens is 383 g/mol. The van der Waals surface area contributed by atoms with Crippen LogP contribution in [0.15, 0.2) is 33.4 Å². The predicted octanol–water partition coefficient (Wildman–Crippen LogP) is 3.32. The second-order valence-electron chi connectivity index (χ2n) is 5.51. The maximum Gasteiger partial charge on any atom is 0.326 e. The van der Waals surface area contributed by atoms with Crippen LogP contribution in [0.1, 0.15) is 29.8 Å². The van der Waals surface area contributed by atoms with E-state index in [1.165, 1.54) is 17.0 Å². The number of hydrogen-bond donors (Lipinski definition) is 1. The molecule has 126 valence electrons. The summed E-state index contributed by atoms with van der Waals surface area (Å²) in [6.07, 6.45) is 3.04. The summed E-state index contributed by atoms with van der Waals surface area (Å²) in [7, 11) is 0. The van der Waals surface area contributed by atoms with Crippen LogP contribution in [-0.2, 0) is 4.79 Å². The first-order valence-electron chi connectivity index (χ1n) is 7.42. The standard InChI is InChI=1S/C16H14BrFN2O4/c17-9-4-5-10(11(18)7-9)14-19-12(8-24-14)15(21)20-6-2-1-3-13(20)16(22)23/h4-5,7-8,13H,1-3,6H2,(H,22,23)/t13-/m1/s1. The molecule has 1 amide bonds. The topological polar surface area (TPSA) is 83.6 Å². The van der Waals surface area contributed by atoms with Gasteiger partial charge in [0.25, 0.3) is 5.91 Å². The first kappa shape index (κ1) is 16.6. The van der Waals surface area contributed by atoms with Gasteiger partial charge in [0.05, 0.1) is 5.56 Å². The van der Waals surface area contributed by atoms with E-state index in [1.54, 1.807) is 6.07 Å². The fourth-order valence-electron chi connectivity index (χ4n) is 2.74. The number of carboxylic acid groups (broad SMARTS) is 1. The van der Waals surface area contributed by atoms with Crippen LogP contribution in [0.2, 0.25) is 0 Å². The second-order valence-corrected chi connectivity index (χ2v) is 6.43. The lowest BCUT2D eigenvalue weighted by Crippen LogP contribution is -2.48. The molecule has 24 heavy (non-hydrogen) atoms. The molecule has 0 bridgehead atoms. The number of carbonyl (C=O) groups excluding carboxylic acids is 1. The molecule has 1 N–H and O–H groups in total. The lowest BCUT2D eigenvalue weighted by molar-refractivity contribution is -0.143. The SMILES string of the molecule is O=C(O)[C@H]1CCCCN1C(=O)c1coc(-c2ccc(Br)cc2F)n1. The highest BCUT2D eigenvalue weighted by Crippen LogP contribution is 2.26. The molecule has 3 rings (SSSR count). The lowest BCUT2D eigenvalue weighted by Gasteiger charge is -2.32. The number of hydrogen-bond acceptors (Lipinski definition) is 4. The van der Waals surface area contributed by atoms with Crippen LogP contribution in [0.3, 0.4) is 0 Å². The van der Waals surface area contributed by atoms with Gasteiger partial charge in [-0.2, -0.15) is 0 Å². The van der Waals surface area contributed by atoms with Gasteiger partial charge >= 0.3 is 5.97 Å².